The maximum atomic E-state index is 12.0. The number of nitrogens with zero attached hydrogens (tertiary/aromatic N) is 1. The van der Waals surface area contributed by atoms with Crippen molar-refractivity contribution in [1.82, 2.24) is 4.90 Å². The Hall–Kier alpha value is -0.870. The van der Waals surface area contributed by atoms with Crippen LogP contribution in [-0.2, 0) is 11.3 Å². The molecule has 1 amide bonds. The monoisotopic (exact) mass is 240 g/mol. The summed E-state index contributed by atoms with van der Waals surface area (Å²) in [5, 5.41) is 2.03. The van der Waals surface area contributed by atoms with Crippen LogP contribution in [0.1, 0.15) is 32.1 Å². The summed E-state index contributed by atoms with van der Waals surface area (Å²) < 4.78 is 0. The summed E-state index contributed by atoms with van der Waals surface area (Å²) in [5.41, 5.74) is 5.43. The minimum atomic E-state index is -0.431. The molecule has 0 aliphatic rings. The maximum absolute atomic E-state index is 12.0. The van der Waals surface area contributed by atoms with E-state index in [0.29, 0.717) is 13.0 Å². The van der Waals surface area contributed by atoms with Crippen molar-refractivity contribution in [3.8, 4) is 0 Å². The summed E-state index contributed by atoms with van der Waals surface area (Å²) in [6.07, 6.45) is 0.395. The number of carbonyl (C=O) groups excluding carboxylic acids is 1. The van der Waals surface area contributed by atoms with Gasteiger partial charge in [0.25, 0.3) is 0 Å². The van der Waals surface area contributed by atoms with Gasteiger partial charge >= 0.3 is 0 Å². The second kappa shape index (κ2) is 5.46. The van der Waals surface area contributed by atoms with Gasteiger partial charge in [-0.2, -0.15) is 0 Å². The number of carbonyl (C=O) groups is 1. The smallest absolute Gasteiger partial charge is 0.224 e. The van der Waals surface area contributed by atoms with E-state index in [1.54, 1.807) is 11.3 Å². The highest BCUT2D eigenvalue weighted by molar-refractivity contribution is 7.09. The predicted molar refractivity (Wildman–Crippen MR) is 68.3 cm³/mol. The van der Waals surface area contributed by atoms with Crippen molar-refractivity contribution in [3.63, 3.8) is 0 Å². The lowest BCUT2D eigenvalue weighted by Crippen LogP contribution is -2.40. The van der Waals surface area contributed by atoms with Crippen LogP contribution in [0.15, 0.2) is 17.5 Å². The molecule has 0 aliphatic heterocycles. The average molecular weight is 240 g/mol. The van der Waals surface area contributed by atoms with Crippen molar-refractivity contribution in [2.45, 2.75) is 39.3 Å². The molecule has 1 rings (SSSR count). The number of hydrogen-bond donors (Lipinski definition) is 1. The topological polar surface area (TPSA) is 46.3 Å². The van der Waals surface area contributed by atoms with Crippen LogP contribution in [0, 0.1) is 0 Å². The van der Waals surface area contributed by atoms with Crippen molar-refractivity contribution in [2.75, 3.05) is 6.54 Å². The first kappa shape index (κ1) is 13.2. The fraction of sp³-hybridized carbons (Fsp3) is 0.583. The largest absolute Gasteiger partial charge is 0.338 e. The van der Waals surface area contributed by atoms with E-state index in [2.05, 4.69) is 0 Å². The van der Waals surface area contributed by atoms with Gasteiger partial charge in [0.1, 0.15) is 0 Å². The molecule has 0 atom stereocenters. The molecule has 0 unspecified atom stereocenters. The first-order valence-electron chi connectivity index (χ1n) is 5.51. The zero-order valence-electron chi connectivity index (χ0n) is 10.2. The van der Waals surface area contributed by atoms with Crippen LogP contribution in [-0.4, -0.2) is 22.9 Å². The molecular weight excluding hydrogens is 220 g/mol. The van der Waals surface area contributed by atoms with E-state index in [4.69, 9.17) is 5.73 Å². The molecular formula is C12H20N2OS. The minimum absolute atomic E-state index is 0.128. The normalized spacial score (nSPS) is 11.5. The Balaban J connectivity index is 2.57. The fourth-order valence-corrected chi connectivity index (χ4v) is 2.19. The zero-order valence-corrected chi connectivity index (χ0v) is 11.0. The molecule has 0 saturated heterocycles. The molecule has 0 bridgehead atoms. The summed E-state index contributed by atoms with van der Waals surface area (Å²) in [6.45, 7) is 7.18. The Morgan fingerprint density at radius 3 is 2.69 bits per heavy atom. The van der Waals surface area contributed by atoms with Crippen molar-refractivity contribution in [3.05, 3.63) is 22.4 Å². The van der Waals surface area contributed by atoms with Crippen molar-refractivity contribution in [2.24, 2.45) is 5.73 Å². The first-order chi connectivity index (χ1) is 7.42. The van der Waals surface area contributed by atoms with Gasteiger partial charge in [-0.1, -0.05) is 6.07 Å². The lowest BCUT2D eigenvalue weighted by Gasteiger charge is -2.25. The Morgan fingerprint density at radius 1 is 1.56 bits per heavy atom. The van der Waals surface area contributed by atoms with Crippen LogP contribution in [0.25, 0.3) is 0 Å². The summed E-state index contributed by atoms with van der Waals surface area (Å²) in [6, 6.07) is 4.05. The van der Waals surface area contributed by atoms with Gasteiger partial charge in [0.2, 0.25) is 5.91 Å². The lowest BCUT2D eigenvalue weighted by atomic mass is 10.0. The second-order valence-electron chi connectivity index (χ2n) is 4.65. The molecule has 1 heterocycles. The van der Waals surface area contributed by atoms with Crippen molar-refractivity contribution < 1.29 is 4.79 Å². The first-order valence-corrected chi connectivity index (χ1v) is 6.39. The quantitative estimate of drug-likeness (QED) is 0.858. The van der Waals surface area contributed by atoms with E-state index < -0.39 is 5.54 Å². The van der Waals surface area contributed by atoms with Crippen LogP contribution in [0.2, 0.25) is 0 Å². The summed E-state index contributed by atoms with van der Waals surface area (Å²) >= 11 is 1.68. The molecule has 1 aromatic rings. The average Bonchev–Trinajstić information content (AvgIpc) is 2.63. The van der Waals surface area contributed by atoms with Crippen LogP contribution < -0.4 is 5.73 Å². The predicted octanol–water partition coefficient (Wildman–Crippen LogP) is 2.22. The van der Waals surface area contributed by atoms with Gasteiger partial charge in [-0.3, -0.25) is 4.79 Å². The van der Waals surface area contributed by atoms with Crippen LogP contribution >= 0.6 is 11.3 Å². The second-order valence-corrected chi connectivity index (χ2v) is 5.68. The van der Waals surface area contributed by atoms with Crippen molar-refractivity contribution >= 4 is 17.2 Å². The van der Waals surface area contributed by atoms with Gasteiger partial charge in [0.05, 0.1) is 6.54 Å². The molecule has 0 spiro atoms. The van der Waals surface area contributed by atoms with Crippen LogP contribution in [0.5, 0.6) is 0 Å². The Kier molecular flexibility index (Phi) is 4.50. The molecule has 2 N–H and O–H groups in total. The van der Waals surface area contributed by atoms with Gasteiger partial charge in [-0.15, -0.1) is 11.3 Å². The fourth-order valence-electron chi connectivity index (χ4n) is 1.47. The van der Waals surface area contributed by atoms with E-state index in [1.807, 2.05) is 43.2 Å². The van der Waals surface area contributed by atoms with Gasteiger partial charge in [0.15, 0.2) is 0 Å². The van der Waals surface area contributed by atoms with E-state index in [-0.39, 0.29) is 5.91 Å². The third-order valence-electron chi connectivity index (χ3n) is 2.27. The third kappa shape index (κ3) is 4.33. The summed E-state index contributed by atoms with van der Waals surface area (Å²) in [4.78, 5) is 15.0. The molecule has 3 nitrogen and oxygen atoms in total. The van der Waals surface area contributed by atoms with Gasteiger partial charge in [-0.05, 0) is 32.2 Å². The van der Waals surface area contributed by atoms with Gasteiger partial charge < -0.3 is 10.6 Å². The number of nitrogens with two attached hydrogens (primary N) is 1. The summed E-state index contributed by atoms with van der Waals surface area (Å²) in [5.74, 6) is 0.128. The molecule has 0 saturated carbocycles. The Bertz CT molecular complexity index is 327. The number of amides is 1. The molecule has 0 aromatic carbocycles. The SMILES string of the molecule is CCN(Cc1cccs1)C(=O)CC(C)(C)N. The highest BCUT2D eigenvalue weighted by atomic mass is 32.1. The molecule has 1 aromatic heterocycles. The number of hydrogen-bond acceptors (Lipinski definition) is 3. The van der Waals surface area contributed by atoms with E-state index in [9.17, 15) is 4.79 Å². The maximum Gasteiger partial charge on any atom is 0.224 e. The molecule has 4 heteroatoms. The van der Waals surface area contributed by atoms with E-state index >= 15 is 0 Å². The summed E-state index contributed by atoms with van der Waals surface area (Å²) in [7, 11) is 0. The van der Waals surface area contributed by atoms with Crippen molar-refractivity contribution in [1.29, 1.82) is 0 Å². The number of thiophene rings is 1. The molecule has 0 aliphatic carbocycles. The zero-order chi connectivity index (χ0) is 12.2. The third-order valence-corrected chi connectivity index (χ3v) is 3.13. The molecule has 90 valence electrons. The highest BCUT2D eigenvalue weighted by Crippen LogP contribution is 2.14. The highest BCUT2D eigenvalue weighted by Gasteiger charge is 2.20. The van der Waals surface area contributed by atoms with E-state index in [1.165, 1.54) is 4.88 Å². The molecule has 0 fully saturated rings. The Labute approximate surface area is 101 Å². The molecule has 0 radical (unpaired) electrons. The van der Waals surface area contributed by atoms with Gasteiger partial charge in [0, 0.05) is 23.4 Å². The lowest BCUT2D eigenvalue weighted by molar-refractivity contribution is -0.132. The Morgan fingerprint density at radius 2 is 2.25 bits per heavy atom. The minimum Gasteiger partial charge on any atom is -0.338 e. The number of rotatable bonds is 5. The van der Waals surface area contributed by atoms with Gasteiger partial charge in [-0.25, -0.2) is 0 Å². The molecule has 16 heavy (non-hydrogen) atoms. The van der Waals surface area contributed by atoms with Crippen LogP contribution in [0.4, 0.5) is 0 Å². The standard InChI is InChI=1S/C12H20N2OS/c1-4-14(9-10-6-5-7-16-10)11(15)8-12(2,3)13/h5-7H,4,8-9,13H2,1-3H3. The van der Waals surface area contributed by atoms with E-state index in [0.717, 1.165) is 6.54 Å². The van der Waals surface area contributed by atoms with Crippen LogP contribution in [0.3, 0.4) is 0 Å².